The summed E-state index contributed by atoms with van der Waals surface area (Å²) in [6.07, 6.45) is 2.66. The van der Waals surface area contributed by atoms with Crippen molar-refractivity contribution in [3.63, 3.8) is 0 Å². The van der Waals surface area contributed by atoms with E-state index in [2.05, 4.69) is 52.7 Å². The number of ether oxygens (including phenoxy) is 2. The second kappa shape index (κ2) is 8.97. The lowest BCUT2D eigenvalue weighted by atomic mass is 9.96. The van der Waals surface area contributed by atoms with Crippen LogP contribution in [0.2, 0.25) is 0 Å². The molecule has 0 bridgehead atoms. The first-order valence-electron chi connectivity index (χ1n) is 10.4. The van der Waals surface area contributed by atoms with Crippen molar-refractivity contribution in [1.82, 2.24) is 10.2 Å². The van der Waals surface area contributed by atoms with Gasteiger partial charge in [-0.3, -0.25) is 9.69 Å². The van der Waals surface area contributed by atoms with Crippen LogP contribution < -0.4 is 10.1 Å². The predicted octanol–water partition coefficient (Wildman–Crippen LogP) is 3.81. The molecule has 1 saturated carbocycles. The van der Waals surface area contributed by atoms with E-state index in [1.54, 1.807) is 7.11 Å². The summed E-state index contributed by atoms with van der Waals surface area (Å²) in [5, 5.41) is 2.83. The summed E-state index contributed by atoms with van der Waals surface area (Å²) in [4.78, 5) is 13.5. The van der Waals surface area contributed by atoms with Gasteiger partial charge in [0.05, 0.1) is 12.7 Å². The number of hydrogen-bond acceptors (Lipinski definition) is 4. The molecule has 1 atom stereocenters. The number of rotatable bonds is 8. The van der Waals surface area contributed by atoms with Crippen molar-refractivity contribution in [1.29, 1.82) is 0 Å². The molecule has 1 N–H and O–H groups in total. The van der Waals surface area contributed by atoms with Crippen molar-refractivity contribution in [2.24, 2.45) is 5.92 Å². The van der Waals surface area contributed by atoms with Crippen LogP contribution in [0.5, 0.6) is 5.75 Å². The maximum Gasteiger partial charge on any atom is 0.217 e. The zero-order chi connectivity index (χ0) is 20.2. The zero-order valence-electron chi connectivity index (χ0n) is 17.3. The van der Waals surface area contributed by atoms with Gasteiger partial charge in [-0.1, -0.05) is 30.3 Å². The number of amides is 1. The summed E-state index contributed by atoms with van der Waals surface area (Å²) in [5.74, 6) is 1.71. The van der Waals surface area contributed by atoms with E-state index < -0.39 is 0 Å². The van der Waals surface area contributed by atoms with Crippen molar-refractivity contribution in [3.8, 4) is 5.75 Å². The Morgan fingerprint density at radius 2 is 1.90 bits per heavy atom. The van der Waals surface area contributed by atoms with E-state index in [1.165, 1.54) is 36.5 Å². The van der Waals surface area contributed by atoms with Crippen molar-refractivity contribution < 1.29 is 14.3 Å². The Balaban J connectivity index is 1.39. The average molecular weight is 395 g/mol. The minimum absolute atomic E-state index is 0.00670. The number of hydrogen-bond donors (Lipinski definition) is 1. The third-order valence-corrected chi connectivity index (χ3v) is 5.72. The fourth-order valence-electron chi connectivity index (χ4n) is 3.81. The highest BCUT2D eigenvalue weighted by Crippen LogP contribution is 2.34. The predicted molar refractivity (Wildman–Crippen MR) is 112 cm³/mol. The van der Waals surface area contributed by atoms with E-state index in [1.807, 2.05) is 0 Å². The number of fused-ring (bicyclic) bond motifs is 1. The lowest BCUT2D eigenvalue weighted by molar-refractivity contribution is -0.119. The Hall–Kier alpha value is -2.37. The molecule has 1 amide bonds. The molecule has 5 heteroatoms. The first-order valence-corrected chi connectivity index (χ1v) is 10.4. The van der Waals surface area contributed by atoms with Crippen LogP contribution in [0.15, 0.2) is 42.5 Å². The molecule has 1 fully saturated rings. The molecule has 1 aliphatic carbocycles. The monoisotopic (exact) mass is 394 g/mol. The van der Waals surface area contributed by atoms with Crippen LogP contribution in [0, 0.1) is 5.92 Å². The highest BCUT2D eigenvalue weighted by Gasteiger charge is 2.26. The third-order valence-electron chi connectivity index (χ3n) is 5.72. The largest absolute Gasteiger partial charge is 0.493 e. The first kappa shape index (κ1) is 19.9. The summed E-state index contributed by atoms with van der Waals surface area (Å²) in [7, 11) is 1.78. The lowest BCUT2D eigenvalue weighted by Gasteiger charge is -2.34. The number of methoxy groups -OCH3 is 1. The van der Waals surface area contributed by atoms with Crippen LogP contribution in [0.25, 0.3) is 0 Å². The lowest BCUT2D eigenvalue weighted by Crippen LogP contribution is -2.34. The molecule has 2 aromatic rings. The van der Waals surface area contributed by atoms with Gasteiger partial charge in [0.25, 0.3) is 0 Å². The molecule has 0 aromatic heterocycles. The average Bonchev–Trinajstić information content (AvgIpc) is 3.55. The van der Waals surface area contributed by atoms with E-state index in [-0.39, 0.29) is 12.0 Å². The smallest absolute Gasteiger partial charge is 0.217 e. The second-order valence-corrected chi connectivity index (χ2v) is 8.24. The summed E-state index contributed by atoms with van der Waals surface area (Å²) in [5.41, 5.74) is 4.94. The Labute approximate surface area is 173 Å². The molecule has 1 aliphatic heterocycles. The molecule has 2 aromatic carbocycles. The molecule has 4 rings (SSSR count). The van der Waals surface area contributed by atoms with Gasteiger partial charge in [-0.2, -0.15) is 0 Å². The van der Waals surface area contributed by atoms with Crippen LogP contribution in [-0.2, 0) is 29.2 Å². The third kappa shape index (κ3) is 5.37. The topological polar surface area (TPSA) is 50.8 Å². The van der Waals surface area contributed by atoms with Crippen LogP contribution in [-0.4, -0.2) is 31.1 Å². The summed E-state index contributed by atoms with van der Waals surface area (Å²) < 4.78 is 11.8. The zero-order valence-corrected chi connectivity index (χ0v) is 17.3. The molecule has 0 spiro atoms. The highest BCUT2D eigenvalue weighted by molar-refractivity contribution is 5.72. The van der Waals surface area contributed by atoms with Gasteiger partial charge in [0.15, 0.2) is 0 Å². The van der Waals surface area contributed by atoms with E-state index in [9.17, 15) is 4.79 Å². The molecule has 2 aliphatic rings. The maximum absolute atomic E-state index is 11.1. The fraction of sp³-hybridized carbons (Fsp3) is 0.458. The van der Waals surface area contributed by atoms with Gasteiger partial charge < -0.3 is 14.8 Å². The Kier molecular flexibility index (Phi) is 6.16. The Morgan fingerprint density at radius 1 is 1.14 bits per heavy atom. The Bertz CT molecular complexity index is 846. The second-order valence-electron chi connectivity index (χ2n) is 8.24. The van der Waals surface area contributed by atoms with Gasteiger partial charge in [0, 0.05) is 40.2 Å². The minimum atomic E-state index is -0.00670. The van der Waals surface area contributed by atoms with Crippen molar-refractivity contribution in [2.45, 2.75) is 45.5 Å². The number of nitrogens with zero attached hydrogens (tertiary/aromatic N) is 1. The van der Waals surface area contributed by atoms with E-state index >= 15 is 0 Å². The van der Waals surface area contributed by atoms with Crippen LogP contribution in [0.4, 0.5) is 0 Å². The molecule has 0 saturated heterocycles. The highest BCUT2D eigenvalue weighted by atomic mass is 16.5. The number of nitrogens with one attached hydrogen (secondary N) is 1. The minimum Gasteiger partial charge on any atom is -0.493 e. The van der Waals surface area contributed by atoms with Gasteiger partial charge in [-0.05, 0) is 53.1 Å². The SMILES string of the molecule is COC1CN(Cc2ccc(CNC(C)=O)cc2)Cc2ccc(OCC3CC3)cc21. The standard InChI is InChI=1S/C24H30N2O3/c1-17(27)25-12-18-3-5-19(6-4-18)13-26-14-21-9-10-22(29-16-20-7-8-20)11-23(21)24(15-26)28-2/h3-6,9-11,20,24H,7-8,12-16H2,1-2H3,(H,25,27). The van der Waals surface area contributed by atoms with Gasteiger partial charge in [0.1, 0.15) is 5.75 Å². The molecular weight excluding hydrogens is 364 g/mol. The van der Waals surface area contributed by atoms with Crippen molar-refractivity contribution in [2.75, 3.05) is 20.3 Å². The Morgan fingerprint density at radius 3 is 2.59 bits per heavy atom. The fourth-order valence-corrected chi connectivity index (χ4v) is 3.81. The van der Waals surface area contributed by atoms with E-state index in [0.717, 1.165) is 43.5 Å². The van der Waals surface area contributed by atoms with Gasteiger partial charge in [-0.25, -0.2) is 0 Å². The molecule has 1 heterocycles. The normalized spacial score (nSPS) is 18.9. The quantitative estimate of drug-likeness (QED) is 0.740. The van der Waals surface area contributed by atoms with Crippen molar-refractivity contribution in [3.05, 3.63) is 64.7 Å². The maximum atomic E-state index is 11.1. The summed E-state index contributed by atoms with van der Waals surface area (Å²) in [6, 6.07) is 14.9. The molecule has 0 radical (unpaired) electrons. The van der Waals surface area contributed by atoms with Crippen LogP contribution in [0.1, 0.15) is 48.1 Å². The van der Waals surface area contributed by atoms with Crippen molar-refractivity contribution >= 4 is 5.91 Å². The number of benzene rings is 2. The first-order chi connectivity index (χ1) is 14.1. The van der Waals surface area contributed by atoms with Crippen LogP contribution >= 0.6 is 0 Å². The summed E-state index contributed by atoms with van der Waals surface area (Å²) in [6.45, 7) is 5.59. The number of carbonyl (C=O) groups is 1. The molecule has 1 unspecified atom stereocenters. The van der Waals surface area contributed by atoms with Crippen LogP contribution in [0.3, 0.4) is 0 Å². The number of carbonyl (C=O) groups excluding carboxylic acids is 1. The molecule has 154 valence electrons. The molecular formula is C24H30N2O3. The molecule has 29 heavy (non-hydrogen) atoms. The molecule has 5 nitrogen and oxygen atoms in total. The summed E-state index contributed by atoms with van der Waals surface area (Å²) >= 11 is 0. The van der Waals surface area contributed by atoms with Gasteiger partial charge in [0.2, 0.25) is 5.91 Å². The van der Waals surface area contributed by atoms with Gasteiger partial charge in [-0.15, -0.1) is 0 Å². The van der Waals surface area contributed by atoms with Gasteiger partial charge >= 0.3 is 0 Å². The van der Waals surface area contributed by atoms with E-state index in [0.29, 0.717) is 6.54 Å². The van der Waals surface area contributed by atoms with E-state index in [4.69, 9.17) is 9.47 Å².